The molecule has 6 nitrogen and oxygen atoms in total. The van der Waals surface area contributed by atoms with Crippen molar-refractivity contribution in [1.29, 1.82) is 0 Å². The number of rotatable bonds is 3. The molecule has 0 aromatic carbocycles. The normalized spacial score (nSPS) is 13.1. The fraction of sp³-hybridized carbons (Fsp3) is 0.545. The average molecular weight is 394 g/mol. The maximum absolute atomic E-state index is 12.3. The van der Waals surface area contributed by atoms with E-state index in [0.29, 0.717) is 22.4 Å². The summed E-state index contributed by atoms with van der Waals surface area (Å²) < 4.78 is 4.83. The number of hydrogen-bond donors (Lipinski definition) is 0. The second-order valence-corrected chi connectivity index (χ2v) is 6.38. The lowest BCUT2D eigenvalue weighted by Gasteiger charge is -2.10. The van der Waals surface area contributed by atoms with Gasteiger partial charge in [-0.15, -0.1) is 0 Å². The maximum atomic E-state index is 12.3. The quantitative estimate of drug-likeness (QED) is 0.584. The highest BCUT2D eigenvalue weighted by Gasteiger charge is 2.18. The van der Waals surface area contributed by atoms with E-state index in [1.807, 2.05) is 0 Å². The standard InChI is InChI=1S/C11H14Br2N4O2/c1-4-6(12)5-17-7-8(14-10(17)13)15(2)11(19)16(3)9(7)18/h6H,4-5H2,1-3H3/t6-/m1/s1. The molecule has 19 heavy (non-hydrogen) atoms. The van der Waals surface area contributed by atoms with E-state index < -0.39 is 0 Å². The molecule has 2 aromatic rings. The summed E-state index contributed by atoms with van der Waals surface area (Å²) in [5.41, 5.74) is 0.137. The summed E-state index contributed by atoms with van der Waals surface area (Å²) in [6.45, 7) is 2.67. The van der Waals surface area contributed by atoms with E-state index in [0.717, 1.165) is 11.0 Å². The molecule has 0 N–H and O–H groups in total. The zero-order valence-electron chi connectivity index (χ0n) is 10.9. The molecular weight excluding hydrogens is 380 g/mol. The highest BCUT2D eigenvalue weighted by molar-refractivity contribution is 9.10. The van der Waals surface area contributed by atoms with Crippen LogP contribution >= 0.6 is 31.9 Å². The second-order valence-electron chi connectivity index (χ2n) is 4.37. The van der Waals surface area contributed by atoms with Crippen molar-refractivity contribution in [1.82, 2.24) is 18.7 Å². The number of aromatic nitrogens is 4. The average Bonchev–Trinajstić information content (AvgIpc) is 2.71. The van der Waals surface area contributed by atoms with Gasteiger partial charge >= 0.3 is 5.69 Å². The van der Waals surface area contributed by atoms with Crippen LogP contribution in [0.2, 0.25) is 0 Å². The van der Waals surface area contributed by atoms with Crippen LogP contribution in [0.4, 0.5) is 0 Å². The SMILES string of the molecule is CC[C@@H](Br)Cn1c(Br)nc2c1c(=O)n(C)c(=O)n2C. The van der Waals surface area contributed by atoms with Gasteiger partial charge in [0.25, 0.3) is 5.56 Å². The van der Waals surface area contributed by atoms with Gasteiger partial charge in [-0.2, -0.15) is 0 Å². The van der Waals surface area contributed by atoms with Crippen molar-refractivity contribution >= 4 is 43.0 Å². The van der Waals surface area contributed by atoms with Crippen LogP contribution in [-0.2, 0) is 20.6 Å². The van der Waals surface area contributed by atoms with Crippen molar-refractivity contribution in [3.8, 4) is 0 Å². The van der Waals surface area contributed by atoms with Crippen molar-refractivity contribution in [2.75, 3.05) is 0 Å². The molecule has 0 saturated heterocycles. The van der Waals surface area contributed by atoms with Crippen molar-refractivity contribution in [2.24, 2.45) is 14.1 Å². The Balaban J connectivity index is 2.83. The van der Waals surface area contributed by atoms with Crippen LogP contribution < -0.4 is 11.2 Å². The van der Waals surface area contributed by atoms with Gasteiger partial charge < -0.3 is 4.57 Å². The van der Waals surface area contributed by atoms with Crippen molar-refractivity contribution < 1.29 is 0 Å². The first-order valence-electron chi connectivity index (χ1n) is 5.84. The minimum atomic E-state index is -0.375. The summed E-state index contributed by atoms with van der Waals surface area (Å²) in [4.78, 5) is 28.6. The lowest BCUT2D eigenvalue weighted by Crippen LogP contribution is -2.37. The maximum Gasteiger partial charge on any atom is 0.332 e. The Morgan fingerprint density at radius 3 is 2.47 bits per heavy atom. The zero-order valence-corrected chi connectivity index (χ0v) is 14.0. The van der Waals surface area contributed by atoms with Gasteiger partial charge in [-0.1, -0.05) is 22.9 Å². The van der Waals surface area contributed by atoms with Crippen molar-refractivity contribution in [2.45, 2.75) is 24.7 Å². The van der Waals surface area contributed by atoms with Crippen LogP contribution in [0.3, 0.4) is 0 Å². The van der Waals surface area contributed by atoms with Gasteiger partial charge in [0.1, 0.15) is 0 Å². The molecule has 0 aliphatic carbocycles. The van der Waals surface area contributed by atoms with E-state index in [9.17, 15) is 9.59 Å². The minimum absolute atomic E-state index is 0.239. The Morgan fingerprint density at radius 1 is 1.26 bits per heavy atom. The Hall–Kier alpha value is -0.890. The Kier molecular flexibility index (Phi) is 4.00. The van der Waals surface area contributed by atoms with Crippen LogP contribution in [0, 0.1) is 0 Å². The molecule has 0 aliphatic heterocycles. The highest BCUT2D eigenvalue weighted by atomic mass is 79.9. The lowest BCUT2D eigenvalue weighted by atomic mass is 10.3. The molecular formula is C11H14Br2N4O2. The van der Waals surface area contributed by atoms with Gasteiger partial charge in [0.15, 0.2) is 15.9 Å². The first kappa shape index (κ1) is 14.5. The van der Waals surface area contributed by atoms with Crippen LogP contribution in [0.15, 0.2) is 14.3 Å². The fourth-order valence-electron chi connectivity index (χ4n) is 1.91. The summed E-state index contributed by atoms with van der Waals surface area (Å²) in [5, 5.41) is 0. The van der Waals surface area contributed by atoms with Crippen LogP contribution in [0.5, 0.6) is 0 Å². The summed E-state index contributed by atoms with van der Waals surface area (Å²) >= 11 is 6.90. The first-order valence-corrected chi connectivity index (χ1v) is 7.55. The third-order valence-corrected chi connectivity index (χ3v) is 4.67. The number of fused-ring (bicyclic) bond motifs is 1. The summed E-state index contributed by atoms with van der Waals surface area (Å²) in [6, 6.07) is 0. The summed E-state index contributed by atoms with van der Waals surface area (Å²) in [6.07, 6.45) is 0.929. The number of hydrogen-bond acceptors (Lipinski definition) is 3. The molecule has 1 atom stereocenters. The molecule has 2 aromatic heterocycles. The van der Waals surface area contributed by atoms with Gasteiger partial charge in [0.2, 0.25) is 0 Å². The predicted octanol–water partition coefficient (Wildman–Crippen LogP) is 1.37. The number of nitrogens with zero attached hydrogens (tertiary/aromatic N) is 4. The van der Waals surface area contributed by atoms with Gasteiger partial charge in [-0.05, 0) is 22.4 Å². The van der Waals surface area contributed by atoms with Crippen molar-refractivity contribution in [3.63, 3.8) is 0 Å². The number of imidazole rings is 1. The van der Waals surface area contributed by atoms with E-state index in [1.54, 1.807) is 11.6 Å². The highest BCUT2D eigenvalue weighted by Crippen LogP contribution is 2.19. The summed E-state index contributed by atoms with van der Waals surface area (Å²) in [5.74, 6) is 0. The first-order chi connectivity index (χ1) is 8.88. The lowest BCUT2D eigenvalue weighted by molar-refractivity contribution is 0.649. The molecule has 0 spiro atoms. The van der Waals surface area contributed by atoms with E-state index in [1.165, 1.54) is 11.6 Å². The molecule has 0 radical (unpaired) electrons. The van der Waals surface area contributed by atoms with Crippen LogP contribution in [-0.4, -0.2) is 23.5 Å². The van der Waals surface area contributed by atoms with Crippen LogP contribution in [0.25, 0.3) is 11.2 Å². The monoisotopic (exact) mass is 392 g/mol. The van der Waals surface area contributed by atoms with E-state index >= 15 is 0 Å². The molecule has 0 saturated carbocycles. The third kappa shape index (κ3) is 2.31. The molecule has 104 valence electrons. The summed E-state index contributed by atoms with van der Waals surface area (Å²) in [7, 11) is 3.08. The molecule has 8 heteroatoms. The largest absolute Gasteiger partial charge is 0.332 e. The van der Waals surface area contributed by atoms with Gasteiger partial charge in [-0.3, -0.25) is 13.9 Å². The molecule has 2 rings (SSSR count). The number of aryl methyl sites for hydroxylation is 1. The van der Waals surface area contributed by atoms with E-state index in [4.69, 9.17) is 0 Å². The third-order valence-electron chi connectivity index (χ3n) is 3.13. The van der Waals surface area contributed by atoms with E-state index in [-0.39, 0.29) is 16.1 Å². The number of halogens is 2. The molecule has 0 aliphatic rings. The molecule has 0 unspecified atom stereocenters. The predicted molar refractivity (Wildman–Crippen MR) is 80.9 cm³/mol. The fourth-order valence-corrected chi connectivity index (χ4v) is 2.69. The smallest absolute Gasteiger partial charge is 0.312 e. The van der Waals surface area contributed by atoms with Crippen LogP contribution in [0.1, 0.15) is 13.3 Å². The zero-order chi connectivity index (χ0) is 14.3. The van der Waals surface area contributed by atoms with Gasteiger partial charge in [0, 0.05) is 25.5 Å². The molecule has 0 fully saturated rings. The minimum Gasteiger partial charge on any atom is -0.312 e. The van der Waals surface area contributed by atoms with Gasteiger partial charge in [-0.25, -0.2) is 9.78 Å². The number of alkyl halides is 1. The molecule has 2 heterocycles. The molecule has 0 amide bonds. The molecule has 0 bridgehead atoms. The van der Waals surface area contributed by atoms with Gasteiger partial charge in [0.05, 0.1) is 0 Å². The Morgan fingerprint density at radius 2 is 1.89 bits per heavy atom. The Labute approximate surface area is 126 Å². The van der Waals surface area contributed by atoms with E-state index in [2.05, 4.69) is 43.8 Å². The second kappa shape index (κ2) is 5.24. The Bertz CT molecular complexity index is 744. The van der Waals surface area contributed by atoms with Crippen molar-refractivity contribution in [3.05, 3.63) is 25.6 Å². The topological polar surface area (TPSA) is 61.8 Å².